The molecule has 0 aromatic heterocycles. The number of piperidine rings is 1. The highest BCUT2D eigenvalue weighted by Crippen LogP contribution is 2.29. The lowest BCUT2D eigenvalue weighted by molar-refractivity contribution is 0.319. The molecule has 0 radical (unpaired) electrons. The number of nitrogens with one attached hydrogen (secondary N) is 1. The maximum absolute atomic E-state index is 11.9. The van der Waals surface area contributed by atoms with E-state index >= 15 is 0 Å². The van der Waals surface area contributed by atoms with Crippen LogP contribution in [0.25, 0.3) is 0 Å². The number of anilines is 1. The smallest absolute Gasteiger partial charge is 0.178 e. The minimum atomic E-state index is -3.09. The van der Waals surface area contributed by atoms with E-state index in [0.29, 0.717) is 4.90 Å². The van der Waals surface area contributed by atoms with Crippen LogP contribution in [-0.2, 0) is 9.84 Å². The maximum Gasteiger partial charge on any atom is 0.178 e. The van der Waals surface area contributed by atoms with Crippen molar-refractivity contribution in [2.75, 3.05) is 30.3 Å². The number of sulfone groups is 1. The number of hydrogen-bond acceptors (Lipinski definition) is 4. The Morgan fingerprint density at radius 1 is 1.14 bits per heavy atom. The van der Waals surface area contributed by atoms with E-state index in [2.05, 4.69) is 10.2 Å². The molecular formula is C17H26N2O2S. The third-order valence-corrected chi connectivity index (χ3v) is 6.90. The summed E-state index contributed by atoms with van der Waals surface area (Å²) in [6, 6.07) is 8.13. The molecule has 2 fully saturated rings. The van der Waals surface area contributed by atoms with E-state index in [9.17, 15) is 8.42 Å². The molecule has 1 unspecified atom stereocenters. The van der Waals surface area contributed by atoms with Gasteiger partial charge in [0, 0.05) is 24.8 Å². The van der Waals surface area contributed by atoms with Gasteiger partial charge in [0.1, 0.15) is 0 Å². The average molecular weight is 322 g/mol. The molecule has 5 heteroatoms. The van der Waals surface area contributed by atoms with Gasteiger partial charge in [-0.05, 0) is 62.4 Å². The number of nitrogens with zero attached hydrogens (tertiary/aromatic N) is 1. The molecule has 0 saturated carbocycles. The fourth-order valence-electron chi connectivity index (χ4n) is 3.70. The van der Waals surface area contributed by atoms with Crippen LogP contribution in [0.15, 0.2) is 29.2 Å². The monoisotopic (exact) mass is 322 g/mol. The summed E-state index contributed by atoms with van der Waals surface area (Å²) in [5.41, 5.74) is 1.15. The third-order valence-electron chi connectivity index (χ3n) is 5.15. The van der Waals surface area contributed by atoms with Crippen molar-refractivity contribution >= 4 is 15.5 Å². The summed E-state index contributed by atoms with van der Waals surface area (Å²) in [5, 5.41) is 3.63. The van der Waals surface area contributed by atoms with Gasteiger partial charge in [0.05, 0.1) is 10.6 Å². The zero-order valence-electron chi connectivity index (χ0n) is 13.3. The van der Waals surface area contributed by atoms with Crippen molar-refractivity contribution in [1.82, 2.24) is 5.32 Å². The summed E-state index contributed by atoms with van der Waals surface area (Å²) < 4.78 is 23.7. The Labute approximate surface area is 133 Å². The highest BCUT2D eigenvalue weighted by Gasteiger charge is 2.28. The molecule has 2 aliphatic heterocycles. The number of hydrogen-bond donors (Lipinski definition) is 1. The minimum absolute atomic E-state index is 0.159. The maximum atomic E-state index is 11.9. The SMILES string of the molecule is CCS(=O)(=O)c1ccc(N2CCC(C3CCCN3)CC2)cc1. The van der Waals surface area contributed by atoms with Crippen LogP contribution in [0.2, 0.25) is 0 Å². The minimum Gasteiger partial charge on any atom is -0.372 e. The Morgan fingerprint density at radius 3 is 2.36 bits per heavy atom. The van der Waals surface area contributed by atoms with Gasteiger partial charge in [0.25, 0.3) is 0 Å². The van der Waals surface area contributed by atoms with E-state index in [-0.39, 0.29) is 5.75 Å². The lowest BCUT2D eigenvalue weighted by atomic mass is 9.88. The molecule has 2 saturated heterocycles. The van der Waals surface area contributed by atoms with Gasteiger partial charge in [0.2, 0.25) is 0 Å². The van der Waals surface area contributed by atoms with Crippen molar-refractivity contribution < 1.29 is 8.42 Å². The molecule has 3 rings (SSSR count). The van der Waals surface area contributed by atoms with Crippen molar-refractivity contribution in [1.29, 1.82) is 0 Å². The predicted molar refractivity (Wildman–Crippen MR) is 90.1 cm³/mol. The molecule has 1 aromatic carbocycles. The van der Waals surface area contributed by atoms with Crippen LogP contribution in [0.4, 0.5) is 5.69 Å². The van der Waals surface area contributed by atoms with E-state index in [0.717, 1.165) is 30.7 Å². The molecule has 0 spiro atoms. The second-order valence-corrected chi connectivity index (χ2v) is 8.70. The zero-order chi connectivity index (χ0) is 15.6. The van der Waals surface area contributed by atoms with E-state index in [1.807, 2.05) is 12.1 Å². The highest BCUT2D eigenvalue weighted by molar-refractivity contribution is 7.91. The van der Waals surface area contributed by atoms with Gasteiger partial charge in [-0.15, -0.1) is 0 Å². The van der Waals surface area contributed by atoms with E-state index < -0.39 is 9.84 Å². The Hall–Kier alpha value is -1.07. The first-order chi connectivity index (χ1) is 10.6. The molecule has 1 N–H and O–H groups in total. The van der Waals surface area contributed by atoms with Crippen LogP contribution in [0.5, 0.6) is 0 Å². The summed E-state index contributed by atoms with van der Waals surface area (Å²) in [7, 11) is -3.09. The van der Waals surface area contributed by atoms with Crippen molar-refractivity contribution in [2.24, 2.45) is 5.92 Å². The predicted octanol–water partition coefficient (Wildman–Crippen LogP) is 2.45. The van der Waals surface area contributed by atoms with Gasteiger partial charge in [-0.3, -0.25) is 0 Å². The molecule has 0 amide bonds. The molecule has 0 aliphatic carbocycles. The summed E-state index contributed by atoms with van der Waals surface area (Å²) in [6.45, 7) is 5.01. The van der Waals surface area contributed by atoms with Crippen molar-refractivity contribution in [3.8, 4) is 0 Å². The molecule has 2 aliphatic rings. The summed E-state index contributed by atoms with van der Waals surface area (Å²) in [6.07, 6.45) is 5.10. The normalized spacial score (nSPS) is 23.9. The third kappa shape index (κ3) is 3.30. The summed E-state index contributed by atoms with van der Waals surface area (Å²) in [4.78, 5) is 2.82. The molecule has 4 nitrogen and oxygen atoms in total. The fraction of sp³-hybridized carbons (Fsp3) is 0.647. The van der Waals surface area contributed by atoms with Crippen LogP contribution in [-0.4, -0.2) is 39.8 Å². The molecular weight excluding hydrogens is 296 g/mol. The topological polar surface area (TPSA) is 49.4 Å². The first-order valence-corrected chi connectivity index (χ1v) is 10.1. The lowest BCUT2D eigenvalue weighted by Gasteiger charge is -2.36. The van der Waals surface area contributed by atoms with Crippen LogP contribution >= 0.6 is 0 Å². The van der Waals surface area contributed by atoms with E-state index in [1.165, 1.54) is 32.2 Å². The van der Waals surface area contributed by atoms with Gasteiger partial charge in [-0.1, -0.05) is 6.92 Å². The van der Waals surface area contributed by atoms with Crippen molar-refractivity contribution in [3.05, 3.63) is 24.3 Å². The average Bonchev–Trinajstić information content (AvgIpc) is 3.10. The Bertz CT molecular complexity index is 584. The zero-order valence-corrected chi connectivity index (χ0v) is 14.1. The van der Waals surface area contributed by atoms with Gasteiger partial charge in [-0.2, -0.15) is 0 Å². The van der Waals surface area contributed by atoms with E-state index in [1.54, 1.807) is 19.1 Å². The second-order valence-electron chi connectivity index (χ2n) is 6.42. The molecule has 2 heterocycles. The Balaban J connectivity index is 1.61. The second kappa shape index (κ2) is 6.59. The van der Waals surface area contributed by atoms with Crippen LogP contribution < -0.4 is 10.2 Å². The number of rotatable bonds is 4. The van der Waals surface area contributed by atoms with Gasteiger partial charge in [0.15, 0.2) is 9.84 Å². The lowest BCUT2D eigenvalue weighted by Crippen LogP contribution is -2.40. The number of benzene rings is 1. The van der Waals surface area contributed by atoms with Gasteiger partial charge >= 0.3 is 0 Å². The van der Waals surface area contributed by atoms with Crippen LogP contribution in [0.1, 0.15) is 32.6 Å². The molecule has 1 atom stereocenters. The van der Waals surface area contributed by atoms with Gasteiger partial charge < -0.3 is 10.2 Å². The van der Waals surface area contributed by atoms with Gasteiger partial charge in [-0.25, -0.2) is 8.42 Å². The first kappa shape index (κ1) is 15.8. The quantitative estimate of drug-likeness (QED) is 0.925. The largest absolute Gasteiger partial charge is 0.372 e. The Morgan fingerprint density at radius 2 is 1.82 bits per heavy atom. The molecule has 22 heavy (non-hydrogen) atoms. The summed E-state index contributed by atoms with van der Waals surface area (Å²) in [5.74, 6) is 0.963. The van der Waals surface area contributed by atoms with Crippen LogP contribution in [0, 0.1) is 5.92 Å². The molecule has 0 bridgehead atoms. The highest BCUT2D eigenvalue weighted by atomic mass is 32.2. The van der Waals surface area contributed by atoms with Crippen LogP contribution in [0.3, 0.4) is 0 Å². The van der Waals surface area contributed by atoms with Crippen molar-refractivity contribution in [2.45, 2.75) is 43.5 Å². The molecule has 122 valence electrons. The van der Waals surface area contributed by atoms with Crippen molar-refractivity contribution in [3.63, 3.8) is 0 Å². The first-order valence-electron chi connectivity index (χ1n) is 8.41. The summed E-state index contributed by atoms with van der Waals surface area (Å²) >= 11 is 0. The van der Waals surface area contributed by atoms with E-state index in [4.69, 9.17) is 0 Å². The standard InChI is InChI=1S/C17H26N2O2S/c1-2-22(20,21)16-7-5-15(6-8-16)19-12-9-14(10-13-19)17-4-3-11-18-17/h5-8,14,17-18H,2-4,9-13H2,1H3. The molecule has 1 aromatic rings. The fourth-order valence-corrected chi connectivity index (χ4v) is 4.59. The Kier molecular flexibility index (Phi) is 4.73.